The zero-order valence-electron chi connectivity index (χ0n) is 7.33. The van der Waals surface area contributed by atoms with Gasteiger partial charge in [0.2, 0.25) is 0 Å². The van der Waals surface area contributed by atoms with Gasteiger partial charge in [0.25, 0.3) is 0 Å². The van der Waals surface area contributed by atoms with Crippen LogP contribution in [0.3, 0.4) is 0 Å². The fourth-order valence-corrected chi connectivity index (χ4v) is 1.56. The van der Waals surface area contributed by atoms with Gasteiger partial charge >= 0.3 is 0 Å². The van der Waals surface area contributed by atoms with Crippen molar-refractivity contribution in [2.45, 2.75) is 24.9 Å². The predicted molar refractivity (Wildman–Crippen MR) is 48.9 cm³/mol. The molecule has 1 aromatic rings. The average molecular weight is 173 g/mol. The Morgan fingerprint density at radius 2 is 2.23 bits per heavy atom. The first-order valence-electron chi connectivity index (χ1n) is 4.42. The highest BCUT2D eigenvalue weighted by Gasteiger charge is 2.44. The SMILES string of the molecule is N#CC1(c2cccc(CO)c2)CC1. The molecular formula is C11H11NO. The van der Waals surface area contributed by atoms with Crippen LogP contribution in [0.15, 0.2) is 24.3 Å². The quantitative estimate of drug-likeness (QED) is 0.740. The highest BCUT2D eigenvalue weighted by molar-refractivity contribution is 5.40. The van der Waals surface area contributed by atoms with Crippen LogP contribution in [-0.4, -0.2) is 5.11 Å². The van der Waals surface area contributed by atoms with Crippen molar-refractivity contribution in [1.82, 2.24) is 0 Å². The minimum absolute atomic E-state index is 0.0509. The van der Waals surface area contributed by atoms with Gasteiger partial charge in [0, 0.05) is 0 Å². The lowest BCUT2D eigenvalue weighted by atomic mass is 9.96. The minimum atomic E-state index is -0.231. The van der Waals surface area contributed by atoms with Crippen molar-refractivity contribution in [3.05, 3.63) is 35.4 Å². The van der Waals surface area contributed by atoms with E-state index in [2.05, 4.69) is 6.07 Å². The van der Waals surface area contributed by atoms with Crippen LogP contribution < -0.4 is 0 Å². The molecular weight excluding hydrogens is 162 g/mol. The summed E-state index contributed by atoms with van der Waals surface area (Å²) >= 11 is 0. The van der Waals surface area contributed by atoms with E-state index in [1.54, 1.807) is 0 Å². The third kappa shape index (κ3) is 1.32. The van der Waals surface area contributed by atoms with E-state index in [1.807, 2.05) is 24.3 Å². The fourth-order valence-electron chi connectivity index (χ4n) is 1.56. The number of nitrogens with zero attached hydrogens (tertiary/aromatic N) is 1. The molecule has 2 nitrogen and oxygen atoms in total. The number of benzene rings is 1. The number of hydrogen-bond donors (Lipinski definition) is 1. The largest absolute Gasteiger partial charge is 0.392 e. The van der Waals surface area contributed by atoms with Crippen LogP contribution in [0.25, 0.3) is 0 Å². The maximum atomic E-state index is 8.96. The first-order valence-corrected chi connectivity index (χ1v) is 4.42. The van der Waals surface area contributed by atoms with Crippen molar-refractivity contribution in [1.29, 1.82) is 5.26 Å². The van der Waals surface area contributed by atoms with Gasteiger partial charge in [-0.25, -0.2) is 0 Å². The molecule has 1 aromatic carbocycles. The van der Waals surface area contributed by atoms with E-state index in [-0.39, 0.29) is 12.0 Å². The summed E-state index contributed by atoms with van der Waals surface area (Å²) in [6.07, 6.45) is 1.91. The fraction of sp³-hybridized carbons (Fsp3) is 0.364. The molecule has 0 aliphatic heterocycles. The van der Waals surface area contributed by atoms with E-state index >= 15 is 0 Å². The molecule has 0 amide bonds. The van der Waals surface area contributed by atoms with Gasteiger partial charge in [0.1, 0.15) is 0 Å². The molecule has 0 radical (unpaired) electrons. The smallest absolute Gasteiger partial charge is 0.0823 e. The van der Waals surface area contributed by atoms with E-state index in [0.717, 1.165) is 24.0 Å². The van der Waals surface area contributed by atoms with Gasteiger partial charge in [-0.2, -0.15) is 5.26 Å². The van der Waals surface area contributed by atoms with Crippen molar-refractivity contribution in [3.63, 3.8) is 0 Å². The van der Waals surface area contributed by atoms with Crippen molar-refractivity contribution < 1.29 is 5.11 Å². The van der Waals surface area contributed by atoms with Gasteiger partial charge < -0.3 is 5.11 Å². The molecule has 0 unspecified atom stereocenters. The second kappa shape index (κ2) is 2.86. The van der Waals surface area contributed by atoms with Crippen LogP contribution in [0, 0.1) is 11.3 Å². The summed E-state index contributed by atoms with van der Waals surface area (Å²) in [6.45, 7) is 0.0509. The van der Waals surface area contributed by atoms with E-state index in [9.17, 15) is 0 Å². The Hall–Kier alpha value is -1.33. The minimum Gasteiger partial charge on any atom is -0.392 e. The molecule has 1 N–H and O–H groups in total. The van der Waals surface area contributed by atoms with Crippen molar-refractivity contribution in [2.24, 2.45) is 0 Å². The summed E-state index contributed by atoms with van der Waals surface area (Å²) in [4.78, 5) is 0. The topological polar surface area (TPSA) is 44.0 Å². The maximum absolute atomic E-state index is 8.96. The van der Waals surface area contributed by atoms with E-state index in [4.69, 9.17) is 10.4 Å². The molecule has 66 valence electrons. The molecule has 0 bridgehead atoms. The molecule has 13 heavy (non-hydrogen) atoms. The Balaban J connectivity index is 2.37. The molecule has 1 aliphatic rings. The Morgan fingerprint density at radius 3 is 2.77 bits per heavy atom. The molecule has 1 aliphatic carbocycles. The van der Waals surface area contributed by atoms with Gasteiger partial charge in [-0.15, -0.1) is 0 Å². The molecule has 1 fully saturated rings. The normalized spacial score (nSPS) is 17.8. The number of nitriles is 1. The lowest BCUT2D eigenvalue weighted by Gasteiger charge is -2.06. The first kappa shape index (κ1) is 8.28. The summed E-state index contributed by atoms with van der Waals surface area (Å²) in [6, 6.07) is 10.0. The van der Waals surface area contributed by atoms with Gasteiger partial charge in [-0.05, 0) is 24.0 Å². The second-order valence-electron chi connectivity index (χ2n) is 3.55. The Morgan fingerprint density at radius 1 is 1.46 bits per heavy atom. The van der Waals surface area contributed by atoms with Crippen molar-refractivity contribution in [3.8, 4) is 6.07 Å². The molecule has 0 spiro atoms. The zero-order chi connectivity index (χ0) is 9.31. The standard InChI is InChI=1S/C11H11NO/c12-8-11(4-5-11)10-3-1-2-9(6-10)7-13/h1-3,6,13H,4-5,7H2. The van der Waals surface area contributed by atoms with Crippen molar-refractivity contribution in [2.75, 3.05) is 0 Å². The van der Waals surface area contributed by atoms with Crippen LogP contribution in [-0.2, 0) is 12.0 Å². The van der Waals surface area contributed by atoms with Crippen molar-refractivity contribution >= 4 is 0 Å². The van der Waals surface area contributed by atoms with Gasteiger partial charge in [0.05, 0.1) is 18.1 Å². The van der Waals surface area contributed by atoms with E-state index < -0.39 is 0 Å². The van der Waals surface area contributed by atoms with Crippen LogP contribution in [0.5, 0.6) is 0 Å². The average Bonchev–Trinajstić information content (AvgIpc) is 2.99. The summed E-state index contributed by atoms with van der Waals surface area (Å²) < 4.78 is 0. The molecule has 2 heteroatoms. The number of aliphatic hydroxyl groups excluding tert-OH is 1. The summed E-state index contributed by atoms with van der Waals surface area (Å²) in [5.74, 6) is 0. The van der Waals surface area contributed by atoms with Crippen LogP contribution in [0.4, 0.5) is 0 Å². The highest BCUT2D eigenvalue weighted by Crippen LogP contribution is 2.47. The maximum Gasteiger partial charge on any atom is 0.0823 e. The van der Waals surface area contributed by atoms with Crippen LogP contribution in [0.2, 0.25) is 0 Å². The van der Waals surface area contributed by atoms with Gasteiger partial charge in [0.15, 0.2) is 0 Å². The monoisotopic (exact) mass is 173 g/mol. The second-order valence-corrected chi connectivity index (χ2v) is 3.55. The Labute approximate surface area is 77.4 Å². The molecule has 1 saturated carbocycles. The molecule has 2 rings (SSSR count). The lowest BCUT2D eigenvalue weighted by Crippen LogP contribution is -2.02. The third-order valence-electron chi connectivity index (χ3n) is 2.63. The Bertz CT molecular complexity index is 361. The third-order valence-corrected chi connectivity index (χ3v) is 2.63. The van der Waals surface area contributed by atoms with Gasteiger partial charge in [-0.1, -0.05) is 24.3 Å². The van der Waals surface area contributed by atoms with Gasteiger partial charge in [-0.3, -0.25) is 0 Å². The zero-order valence-corrected chi connectivity index (χ0v) is 7.33. The highest BCUT2D eigenvalue weighted by atomic mass is 16.3. The van der Waals surface area contributed by atoms with Crippen LogP contribution in [0.1, 0.15) is 24.0 Å². The number of hydrogen-bond acceptors (Lipinski definition) is 2. The van der Waals surface area contributed by atoms with E-state index in [0.29, 0.717) is 0 Å². The summed E-state index contributed by atoms with van der Waals surface area (Å²) in [5, 5.41) is 17.9. The summed E-state index contributed by atoms with van der Waals surface area (Å²) in [5.41, 5.74) is 1.71. The van der Waals surface area contributed by atoms with Crippen LogP contribution >= 0.6 is 0 Å². The number of rotatable bonds is 2. The number of aliphatic hydroxyl groups is 1. The molecule has 0 saturated heterocycles. The summed E-state index contributed by atoms with van der Waals surface area (Å²) in [7, 11) is 0. The van der Waals surface area contributed by atoms with E-state index in [1.165, 1.54) is 0 Å². The molecule has 0 heterocycles. The molecule has 0 aromatic heterocycles. The molecule has 0 atom stereocenters. The first-order chi connectivity index (χ1) is 6.30. The Kier molecular flexibility index (Phi) is 1.82. The predicted octanol–water partition coefficient (Wildman–Crippen LogP) is 1.73. The lowest BCUT2D eigenvalue weighted by molar-refractivity contribution is 0.281.